The Kier molecular flexibility index (Phi) is 4.85. The summed E-state index contributed by atoms with van der Waals surface area (Å²) < 4.78 is 54.9. The Bertz CT molecular complexity index is 1330. The zero-order chi connectivity index (χ0) is 26.5. The molecule has 2 aliphatic heterocycles. The maximum atomic E-state index is 14.2. The number of nitrogens with zero attached hydrogens (tertiary/aromatic N) is 5. The van der Waals surface area contributed by atoms with Gasteiger partial charge in [0.1, 0.15) is 5.82 Å². The number of hydrogen-bond donors (Lipinski definition) is 1. The number of hydrogen-bond acceptors (Lipinski definition) is 4. The third-order valence-corrected chi connectivity index (χ3v) is 9.49. The van der Waals surface area contributed by atoms with Crippen molar-refractivity contribution in [2.75, 3.05) is 26.2 Å². The number of halogens is 4. The number of carbonyl (C=O) groups excluding carboxylic acids is 1. The summed E-state index contributed by atoms with van der Waals surface area (Å²) in [5.41, 5.74) is -2.14. The molecule has 38 heavy (non-hydrogen) atoms. The van der Waals surface area contributed by atoms with Gasteiger partial charge < -0.3 is 9.80 Å². The molecule has 0 atom stereocenters. The lowest BCUT2D eigenvalue weighted by atomic mass is 9.56. The standard InChI is InChI=1S/C27H28F4N6O/c28-26(4-5-26)22-33-21(34-35-22)19-9-25(10-19)14-37(15-25)23(38)36-12-24(13-36)7-16(8-24)6-17-2-1-3-18(11-32)20(17)27(29,30)31/h1-3,16,19H,4-10,12-15H2,(H,33,34,35). The molecular weight excluding hydrogens is 500 g/mol. The van der Waals surface area contributed by atoms with Crippen LogP contribution in [0.4, 0.5) is 22.4 Å². The molecule has 3 heterocycles. The highest BCUT2D eigenvalue weighted by Gasteiger charge is 2.59. The zero-order valence-corrected chi connectivity index (χ0v) is 20.8. The van der Waals surface area contributed by atoms with Crippen LogP contribution >= 0.6 is 0 Å². The van der Waals surface area contributed by atoms with Crippen LogP contribution in [0.15, 0.2) is 18.2 Å². The topological polar surface area (TPSA) is 88.9 Å². The highest BCUT2D eigenvalue weighted by Crippen LogP contribution is 2.58. The lowest BCUT2D eigenvalue weighted by molar-refractivity contribution is -0.138. The van der Waals surface area contributed by atoms with Crippen LogP contribution in [0.2, 0.25) is 0 Å². The average molecular weight is 529 g/mol. The fourth-order valence-corrected chi connectivity index (χ4v) is 7.50. The van der Waals surface area contributed by atoms with E-state index in [2.05, 4.69) is 15.2 Å². The predicted molar refractivity (Wildman–Crippen MR) is 126 cm³/mol. The quantitative estimate of drug-likeness (QED) is 0.572. The molecule has 5 fully saturated rings. The molecule has 7 nitrogen and oxygen atoms in total. The van der Waals surface area contributed by atoms with Gasteiger partial charge in [-0.05, 0) is 62.5 Å². The molecule has 0 unspecified atom stereocenters. The van der Waals surface area contributed by atoms with E-state index in [0.29, 0.717) is 32.4 Å². The summed E-state index contributed by atoms with van der Waals surface area (Å²) in [6, 6.07) is 5.92. The first kappa shape index (κ1) is 23.9. The lowest BCUT2D eigenvalue weighted by Crippen LogP contribution is -2.71. The molecule has 200 valence electrons. The Labute approximate surface area is 217 Å². The first-order valence-electron chi connectivity index (χ1n) is 13.3. The molecule has 2 saturated heterocycles. The molecule has 2 spiro atoms. The Balaban J connectivity index is 0.876. The van der Waals surface area contributed by atoms with Crippen molar-refractivity contribution in [3.05, 3.63) is 46.5 Å². The Hall–Kier alpha value is -3.16. The highest BCUT2D eigenvalue weighted by atomic mass is 19.4. The van der Waals surface area contributed by atoms with E-state index >= 15 is 0 Å². The van der Waals surface area contributed by atoms with Crippen LogP contribution in [0.3, 0.4) is 0 Å². The first-order chi connectivity index (χ1) is 18.0. The van der Waals surface area contributed by atoms with Crippen molar-refractivity contribution in [1.82, 2.24) is 25.0 Å². The number of H-pyrrole nitrogens is 1. The van der Waals surface area contributed by atoms with E-state index in [1.807, 2.05) is 9.80 Å². The molecule has 3 aliphatic carbocycles. The second-order valence-electron chi connectivity index (χ2n) is 12.5. The number of likely N-dealkylation sites (tertiary alicyclic amines) is 2. The summed E-state index contributed by atoms with van der Waals surface area (Å²) in [7, 11) is 0. The monoisotopic (exact) mass is 528 g/mol. The van der Waals surface area contributed by atoms with Gasteiger partial charge in [0.25, 0.3) is 0 Å². The molecule has 1 aromatic carbocycles. The van der Waals surface area contributed by atoms with E-state index in [1.165, 1.54) is 18.2 Å². The van der Waals surface area contributed by atoms with Gasteiger partial charge in [-0.3, -0.25) is 5.10 Å². The second kappa shape index (κ2) is 7.70. The van der Waals surface area contributed by atoms with Crippen molar-refractivity contribution in [3.8, 4) is 6.07 Å². The number of aromatic nitrogens is 3. The molecule has 5 aliphatic rings. The number of urea groups is 1. The Morgan fingerprint density at radius 2 is 1.71 bits per heavy atom. The smallest absolute Gasteiger partial charge is 0.323 e. The van der Waals surface area contributed by atoms with Crippen LogP contribution in [0.5, 0.6) is 0 Å². The summed E-state index contributed by atoms with van der Waals surface area (Å²) in [6.07, 6.45) is 0.170. The molecule has 7 rings (SSSR count). The lowest BCUT2D eigenvalue weighted by Gasteiger charge is -2.63. The molecule has 0 bridgehead atoms. The van der Waals surface area contributed by atoms with Gasteiger partial charge in [0.15, 0.2) is 11.5 Å². The number of rotatable bonds is 4. The SMILES string of the molecule is N#Cc1cccc(CC2CC3(C2)CN(C(=O)N2CC4(CC(c5nc(C6(F)CC6)n[nH]5)C4)C2)C3)c1C(F)(F)F. The van der Waals surface area contributed by atoms with Crippen LogP contribution in [-0.2, 0) is 18.3 Å². The van der Waals surface area contributed by atoms with E-state index in [4.69, 9.17) is 5.26 Å². The Morgan fingerprint density at radius 3 is 2.29 bits per heavy atom. The minimum absolute atomic E-state index is 0.0228. The van der Waals surface area contributed by atoms with Crippen molar-refractivity contribution in [2.24, 2.45) is 16.7 Å². The van der Waals surface area contributed by atoms with Gasteiger partial charge in [-0.2, -0.15) is 23.5 Å². The van der Waals surface area contributed by atoms with Crippen LogP contribution in [-0.4, -0.2) is 57.2 Å². The first-order valence-corrected chi connectivity index (χ1v) is 13.3. The molecule has 2 amide bonds. The minimum atomic E-state index is -4.55. The van der Waals surface area contributed by atoms with E-state index in [9.17, 15) is 22.4 Å². The molecule has 1 N–H and O–H groups in total. The molecule has 0 radical (unpaired) electrons. The summed E-state index contributed by atoms with van der Waals surface area (Å²) in [4.78, 5) is 21.1. The number of amides is 2. The summed E-state index contributed by atoms with van der Waals surface area (Å²) in [5.74, 6) is 1.40. The van der Waals surface area contributed by atoms with Crippen molar-refractivity contribution < 1.29 is 22.4 Å². The number of carbonyl (C=O) groups is 1. The second-order valence-corrected chi connectivity index (χ2v) is 12.5. The van der Waals surface area contributed by atoms with E-state index < -0.39 is 17.4 Å². The maximum Gasteiger partial charge on any atom is 0.417 e. The summed E-state index contributed by atoms with van der Waals surface area (Å²) >= 11 is 0. The summed E-state index contributed by atoms with van der Waals surface area (Å²) in [5, 5.41) is 16.1. The average Bonchev–Trinajstić information content (AvgIpc) is 3.31. The van der Waals surface area contributed by atoms with Crippen molar-refractivity contribution in [3.63, 3.8) is 0 Å². The van der Waals surface area contributed by atoms with Gasteiger partial charge >= 0.3 is 12.2 Å². The van der Waals surface area contributed by atoms with Gasteiger partial charge in [0.2, 0.25) is 0 Å². The number of benzene rings is 1. The van der Waals surface area contributed by atoms with Gasteiger partial charge in [-0.25, -0.2) is 14.2 Å². The Morgan fingerprint density at radius 1 is 1.08 bits per heavy atom. The predicted octanol–water partition coefficient (Wildman–Crippen LogP) is 4.91. The van der Waals surface area contributed by atoms with E-state index in [1.54, 1.807) is 6.07 Å². The number of alkyl halides is 4. The summed E-state index contributed by atoms with van der Waals surface area (Å²) in [6.45, 7) is 2.76. The maximum absolute atomic E-state index is 14.2. The van der Waals surface area contributed by atoms with Crippen LogP contribution in [0.25, 0.3) is 0 Å². The third-order valence-electron chi connectivity index (χ3n) is 9.49. The zero-order valence-electron chi connectivity index (χ0n) is 20.8. The van der Waals surface area contributed by atoms with Crippen molar-refractivity contribution in [2.45, 2.75) is 62.7 Å². The van der Waals surface area contributed by atoms with Crippen LogP contribution in [0.1, 0.15) is 72.8 Å². The van der Waals surface area contributed by atoms with Gasteiger partial charge in [-0.15, -0.1) is 0 Å². The number of aromatic amines is 1. The largest absolute Gasteiger partial charge is 0.417 e. The fraction of sp³-hybridized carbons (Fsp3) is 0.630. The molecular formula is C27H28F4N6O. The van der Waals surface area contributed by atoms with Crippen molar-refractivity contribution >= 4 is 6.03 Å². The molecule has 3 saturated carbocycles. The highest BCUT2D eigenvalue weighted by molar-refractivity contribution is 5.77. The van der Waals surface area contributed by atoms with E-state index in [-0.39, 0.29) is 45.6 Å². The van der Waals surface area contributed by atoms with E-state index in [0.717, 1.165) is 44.6 Å². The fourth-order valence-electron chi connectivity index (χ4n) is 7.50. The van der Waals surface area contributed by atoms with Gasteiger partial charge in [0, 0.05) is 42.9 Å². The molecule has 2 aromatic rings. The molecule has 1 aromatic heterocycles. The number of nitrogens with one attached hydrogen (secondary N) is 1. The van der Waals surface area contributed by atoms with Gasteiger partial charge in [-0.1, -0.05) is 12.1 Å². The third kappa shape index (κ3) is 3.70. The number of nitriles is 1. The van der Waals surface area contributed by atoms with Crippen molar-refractivity contribution in [1.29, 1.82) is 5.26 Å². The normalized spacial score (nSPS) is 24.8. The minimum Gasteiger partial charge on any atom is -0.323 e. The molecule has 11 heteroatoms. The van der Waals surface area contributed by atoms with Crippen LogP contribution < -0.4 is 0 Å². The van der Waals surface area contributed by atoms with Crippen LogP contribution in [0, 0.1) is 28.1 Å². The van der Waals surface area contributed by atoms with Gasteiger partial charge in [0.05, 0.1) is 17.2 Å².